The first kappa shape index (κ1) is 11.0. The van der Waals surface area contributed by atoms with E-state index in [1.807, 2.05) is 6.92 Å². The molecule has 0 bridgehead atoms. The summed E-state index contributed by atoms with van der Waals surface area (Å²) in [5.74, 6) is -0.137. The Balaban J connectivity index is 2.23. The van der Waals surface area contributed by atoms with Crippen LogP contribution >= 0.6 is 22.9 Å². The molecular weight excluding hydrogens is 234 g/mol. The molecule has 5 heteroatoms. The second-order valence-corrected chi connectivity index (χ2v) is 4.90. The van der Waals surface area contributed by atoms with Crippen LogP contribution in [-0.2, 0) is 10.3 Å². The predicted octanol–water partition coefficient (Wildman–Crippen LogP) is 2.59. The maximum absolute atomic E-state index is 11.3. The summed E-state index contributed by atoms with van der Waals surface area (Å²) in [5, 5.41) is 2.64. The number of ketones is 1. The molecule has 0 amide bonds. The van der Waals surface area contributed by atoms with Crippen molar-refractivity contribution in [2.24, 2.45) is 0 Å². The Morgan fingerprint density at radius 3 is 3.20 bits per heavy atom. The fourth-order valence-corrected chi connectivity index (χ4v) is 2.77. The minimum Gasteiger partial charge on any atom is -0.368 e. The first-order valence-corrected chi connectivity index (χ1v) is 6.26. The Morgan fingerprint density at radius 1 is 1.80 bits per heavy atom. The van der Waals surface area contributed by atoms with Crippen molar-refractivity contribution in [3.05, 3.63) is 16.1 Å². The standard InChI is InChI=1S/C10H12ClNO2S/c1-10(3-2-4-14-10)9-12-7(6-15-9)8(13)5-11/h6H,2-5H2,1H3. The first-order valence-electron chi connectivity index (χ1n) is 4.85. The number of nitrogens with zero attached hydrogens (tertiary/aromatic N) is 1. The zero-order valence-electron chi connectivity index (χ0n) is 8.46. The van der Waals surface area contributed by atoms with Crippen LogP contribution in [0.5, 0.6) is 0 Å². The molecule has 0 aliphatic carbocycles. The second-order valence-electron chi connectivity index (χ2n) is 3.78. The van der Waals surface area contributed by atoms with Crippen LogP contribution in [0.3, 0.4) is 0 Å². The molecule has 0 radical (unpaired) electrons. The van der Waals surface area contributed by atoms with Crippen molar-refractivity contribution in [3.63, 3.8) is 0 Å². The van der Waals surface area contributed by atoms with Gasteiger partial charge in [0.05, 0.1) is 5.88 Å². The van der Waals surface area contributed by atoms with Crippen molar-refractivity contribution in [3.8, 4) is 0 Å². The molecule has 3 nitrogen and oxygen atoms in total. The highest BCUT2D eigenvalue weighted by molar-refractivity contribution is 7.10. The van der Waals surface area contributed by atoms with Gasteiger partial charge in [-0.15, -0.1) is 22.9 Å². The summed E-state index contributed by atoms with van der Waals surface area (Å²) in [7, 11) is 0. The summed E-state index contributed by atoms with van der Waals surface area (Å²) in [6.45, 7) is 2.79. The molecule has 2 rings (SSSR count). The molecule has 0 aromatic carbocycles. The van der Waals surface area contributed by atoms with Gasteiger partial charge in [0.2, 0.25) is 0 Å². The maximum Gasteiger partial charge on any atom is 0.196 e. The van der Waals surface area contributed by atoms with Crippen LogP contribution < -0.4 is 0 Å². The van der Waals surface area contributed by atoms with E-state index in [0.29, 0.717) is 5.69 Å². The molecule has 1 aliphatic rings. The maximum atomic E-state index is 11.3. The fraction of sp³-hybridized carbons (Fsp3) is 0.600. The highest BCUT2D eigenvalue weighted by atomic mass is 35.5. The van der Waals surface area contributed by atoms with Gasteiger partial charge >= 0.3 is 0 Å². The summed E-state index contributed by atoms with van der Waals surface area (Å²) in [5.41, 5.74) is 0.164. The lowest BCUT2D eigenvalue weighted by Crippen LogP contribution is -2.19. The zero-order valence-corrected chi connectivity index (χ0v) is 10.0. The van der Waals surface area contributed by atoms with Gasteiger partial charge in [-0.2, -0.15) is 0 Å². The first-order chi connectivity index (χ1) is 7.15. The van der Waals surface area contributed by atoms with Crippen molar-refractivity contribution in [2.45, 2.75) is 25.4 Å². The van der Waals surface area contributed by atoms with Crippen LogP contribution in [0.1, 0.15) is 35.3 Å². The molecule has 0 saturated carbocycles. The Bertz CT molecular complexity index is 371. The van der Waals surface area contributed by atoms with Crippen LogP contribution in [0, 0.1) is 0 Å². The van der Waals surface area contributed by atoms with E-state index in [1.54, 1.807) is 5.38 Å². The third kappa shape index (κ3) is 2.07. The highest BCUT2D eigenvalue weighted by Crippen LogP contribution is 2.37. The molecule has 1 aliphatic heterocycles. The van der Waals surface area contributed by atoms with Gasteiger partial charge in [0, 0.05) is 12.0 Å². The number of carbonyl (C=O) groups is 1. The molecule has 1 fully saturated rings. The van der Waals surface area contributed by atoms with Gasteiger partial charge in [-0.05, 0) is 19.8 Å². The van der Waals surface area contributed by atoms with Crippen LogP contribution in [0.15, 0.2) is 5.38 Å². The Labute approximate surface area is 97.4 Å². The summed E-state index contributed by atoms with van der Waals surface area (Å²) in [4.78, 5) is 15.6. The van der Waals surface area contributed by atoms with Gasteiger partial charge in [-0.1, -0.05) is 0 Å². The summed E-state index contributed by atoms with van der Waals surface area (Å²) >= 11 is 6.95. The van der Waals surface area contributed by atoms with E-state index in [0.717, 1.165) is 24.5 Å². The predicted molar refractivity (Wildman–Crippen MR) is 59.7 cm³/mol. The molecule has 1 aromatic rings. The van der Waals surface area contributed by atoms with E-state index in [9.17, 15) is 4.79 Å². The van der Waals surface area contributed by atoms with Crippen molar-refractivity contribution < 1.29 is 9.53 Å². The number of thiazole rings is 1. The zero-order chi connectivity index (χ0) is 10.9. The Morgan fingerprint density at radius 2 is 2.60 bits per heavy atom. The summed E-state index contributed by atoms with van der Waals surface area (Å²) in [6.07, 6.45) is 2.02. The van der Waals surface area contributed by atoms with Gasteiger partial charge in [0.1, 0.15) is 16.3 Å². The van der Waals surface area contributed by atoms with Crippen LogP contribution in [-0.4, -0.2) is 23.3 Å². The molecular formula is C10H12ClNO2S. The normalized spacial score (nSPS) is 25.7. The van der Waals surface area contributed by atoms with Crippen molar-refractivity contribution >= 4 is 28.7 Å². The van der Waals surface area contributed by atoms with E-state index < -0.39 is 0 Å². The largest absolute Gasteiger partial charge is 0.368 e. The number of halogens is 1. The number of Topliss-reactive ketones (excluding diaryl/α,β-unsaturated/α-hetero) is 1. The number of aromatic nitrogens is 1. The second kappa shape index (κ2) is 4.20. The number of alkyl halides is 1. The number of hydrogen-bond acceptors (Lipinski definition) is 4. The minimum atomic E-state index is -0.296. The van der Waals surface area contributed by atoms with Crippen molar-refractivity contribution in [2.75, 3.05) is 12.5 Å². The van der Waals surface area contributed by atoms with E-state index in [4.69, 9.17) is 16.3 Å². The lowest BCUT2D eigenvalue weighted by atomic mass is 10.0. The van der Waals surface area contributed by atoms with E-state index in [2.05, 4.69) is 4.98 Å². The minimum absolute atomic E-state index is 0.0132. The molecule has 0 spiro atoms. The Kier molecular flexibility index (Phi) is 3.09. The SMILES string of the molecule is CC1(c2nc(C(=O)CCl)cs2)CCCO1. The highest BCUT2D eigenvalue weighted by Gasteiger charge is 2.35. The molecule has 82 valence electrons. The molecule has 1 saturated heterocycles. The molecule has 1 aromatic heterocycles. The van der Waals surface area contributed by atoms with E-state index >= 15 is 0 Å². The number of carbonyl (C=O) groups excluding carboxylic acids is 1. The Hall–Kier alpha value is -0.450. The average molecular weight is 246 g/mol. The number of ether oxygens (including phenoxy) is 1. The summed E-state index contributed by atoms with van der Waals surface area (Å²) < 4.78 is 5.66. The van der Waals surface area contributed by atoms with Crippen LogP contribution in [0.2, 0.25) is 0 Å². The van der Waals surface area contributed by atoms with E-state index in [-0.39, 0.29) is 17.3 Å². The average Bonchev–Trinajstić information content (AvgIpc) is 2.85. The quantitative estimate of drug-likeness (QED) is 0.607. The monoisotopic (exact) mass is 245 g/mol. The molecule has 15 heavy (non-hydrogen) atoms. The molecule has 1 atom stereocenters. The summed E-state index contributed by atoms with van der Waals surface area (Å²) in [6, 6.07) is 0. The van der Waals surface area contributed by atoms with Gasteiger partial charge in [-0.3, -0.25) is 4.79 Å². The van der Waals surface area contributed by atoms with Crippen molar-refractivity contribution in [1.82, 2.24) is 4.98 Å². The van der Waals surface area contributed by atoms with Gasteiger partial charge in [0.15, 0.2) is 5.78 Å². The van der Waals surface area contributed by atoms with Gasteiger partial charge in [-0.25, -0.2) is 4.98 Å². The lowest BCUT2D eigenvalue weighted by Gasteiger charge is -2.19. The number of hydrogen-bond donors (Lipinski definition) is 0. The van der Waals surface area contributed by atoms with E-state index in [1.165, 1.54) is 11.3 Å². The van der Waals surface area contributed by atoms with Gasteiger partial charge in [0.25, 0.3) is 0 Å². The smallest absolute Gasteiger partial charge is 0.196 e. The van der Waals surface area contributed by atoms with Crippen LogP contribution in [0.25, 0.3) is 0 Å². The number of rotatable bonds is 3. The lowest BCUT2D eigenvalue weighted by molar-refractivity contribution is 0.0166. The fourth-order valence-electron chi connectivity index (χ4n) is 1.66. The molecule has 2 heterocycles. The molecule has 1 unspecified atom stereocenters. The third-order valence-corrected chi connectivity index (χ3v) is 3.91. The topological polar surface area (TPSA) is 39.2 Å². The molecule has 0 N–H and O–H groups in total. The van der Waals surface area contributed by atoms with Crippen LogP contribution in [0.4, 0.5) is 0 Å². The third-order valence-electron chi connectivity index (χ3n) is 2.58. The van der Waals surface area contributed by atoms with Gasteiger partial charge < -0.3 is 4.74 Å². The van der Waals surface area contributed by atoms with Crippen molar-refractivity contribution in [1.29, 1.82) is 0 Å².